The van der Waals surface area contributed by atoms with Crippen LogP contribution < -0.4 is 11.3 Å². The van der Waals surface area contributed by atoms with Crippen molar-refractivity contribution in [3.05, 3.63) is 18.2 Å². The van der Waals surface area contributed by atoms with Crippen LogP contribution in [0.1, 0.15) is 12.6 Å². The van der Waals surface area contributed by atoms with Crippen LogP contribution in [0.15, 0.2) is 12.5 Å². The van der Waals surface area contributed by atoms with E-state index in [-0.39, 0.29) is 0 Å². The van der Waals surface area contributed by atoms with Crippen LogP contribution in [-0.4, -0.2) is 9.55 Å². The number of aryl methyl sites for hydroxylation is 1. The second kappa shape index (κ2) is 3.34. The zero-order valence-electron chi connectivity index (χ0n) is 6.04. The van der Waals surface area contributed by atoms with E-state index in [0.29, 0.717) is 6.54 Å². The highest BCUT2D eigenvalue weighted by Crippen LogP contribution is 1.93. The molecular weight excluding hydrogens is 128 g/mol. The molecular formula is C6H12N4. The maximum atomic E-state index is 5.11. The first-order chi connectivity index (χ1) is 4.86. The number of aromatic nitrogens is 2. The Balaban J connectivity index is 2.59. The molecule has 4 nitrogen and oxygen atoms in total. The van der Waals surface area contributed by atoms with Gasteiger partial charge in [-0.15, -0.1) is 0 Å². The molecule has 0 saturated carbocycles. The Labute approximate surface area is 60.0 Å². The lowest BCUT2D eigenvalue weighted by Crippen LogP contribution is -2.20. The smallest absolute Gasteiger partial charge is 0.0949 e. The van der Waals surface area contributed by atoms with E-state index in [1.807, 2.05) is 10.8 Å². The fourth-order valence-corrected chi connectivity index (χ4v) is 0.775. The van der Waals surface area contributed by atoms with Crippen molar-refractivity contribution >= 4 is 0 Å². The van der Waals surface area contributed by atoms with E-state index in [0.717, 1.165) is 12.2 Å². The third kappa shape index (κ3) is 1.55. The Bertz CT molecular complexity index is 193. The van der Waals surface area contributed by atoms with Crippen LogP contribution in [0.4, 0.5) is 0 Å². The quantitative estimate of drug-likeness (QED) is 0.454. The van der Waals surface area contributed by atoms with Crippen LogP contribution in [0.5, 0.6) is 0 Å². The van der Waals surface area contributed by atoms with Crippen LogP contribution in [0.2, 0.25) is 0 Å². The Morgan fingerprint density at radius 1 is 1.80 bits per heavy atom. The van der Waals surface area contributed by atoms with E-state index in [1.54, 1.807) is 6.33 Å². The Morgan fingerprint density at radius 2 is 2.60 bits per heavy atom. The van der Waals surface area contributed by atoms with Crippen molar-refractivity contribution in [2.24, 2.45) is 5.84 Å². The van der Waals surface area contributed by atoms with Crippen molar-refractivity contribution in [3.63, 3.8) is 0 Å². The van der Waals surface area contributed by atoms with Crippen molar-refractivity contribution < 1.29 is 0 Å². The fraction of sp³-hybridized carbons (Fsp3) is 0.500. The van der Waals surface area contributed by atoms with Gasteiger partial charge < -0.3 is 4.57 Å². The van der Waals surface area contributed by atoms with Gasteiger partial charge in [0.05, 0.1) is 18.6 Å². The molecule has 1 aromatic heterocycles. The predicted octanol–water partition coefficient (Wildman–Crippen LogP) is -0.134. The minimum Gasteiger partial charge on any atom is -0.337 e. The van der Waals surface area contributed by atoms with Gasteiger partial charge in [0.1, 0.15) is 0 Å². The molecule has 0 radical (unpaired) electrons. The molecule has 1 aromatic rings. The second-order valence-electron chi connectivity index (χ2n) is 2.08. The van der Waals surface area contributed by atoms with Crippen LogP contribution in [0.3, 0.4) is 0 Å². The van der Waals surface area contributed by atoms with Crippen LogP contribution in [0, 0.1) is 0 Å². The number of nitrogens with two attached hydrogens (primary N) is 1. The number of nitrogens with zero attached hydrogens (tertiary/aromatic N) is 2. The Hall–Kier alpha value is -0.870. The molecule has 0 amide bonds. The van der Waals surface area contributed by atoms with Gasteiger partial charge in [-0.05, 0) is 6.92 Å². The zero-order chi connectivity index (χ0) is 7.40. The topological polar surface area (TPSA) is 55.9 Å². The van der Waals surface area contributed by atoms with Gasteiger partial charge >= 0.3 is 0 Å². The number of hydrogen-bond donors (Lipinski definition) is 2. The maximum absolute atomic E-state index is 5.11. The van der Waals surface area contributed by atoms with E-state index in [4.69, 9.17) is 5.84 Å². The highest BCUT2D eigenvalue weighted by molar-refractivity contribution is 4.95. The maximum Gasteiger partial charge on any atom is 0.0949 e. The molecule has 0 aliphatic heterocycles. The molecule has 0 saturated heterocycles. The van der Waals surface area contributed by atoms with E-state index >= 15 is 0 Å². The van der Waals surface area contributed by atoms with Crippen molar-refractivity contribution in [1.29, 1.82) is 0 Å². The summed E-state index contributed by atoms with van der Waals surface area (Å²) < 4.78 is 2.01. The highest BCUT2D eigenvalue weighted by atomic mass is 15.2. The van der Waals surface area contributed by atoms with E-state index in [2.05, 4.69) is 17.3 Å². The molecule has 0 aliphatic rings. The molecule has 0 aliphatic carbocycles. The summed E-state index contributed by atoms with van der Waals surface area (Å²) in [5.41, 5.74) is 3.52. The summed E-state index contributed by atoms with van der Waals surface area (Å²) >= 11 is 0. The lowest BCUT2D eigenvalue weighted by molar-refractivity contribution is 0.722. The van der Waals surface area contributed by atoms with Crippen LogP contribution in [-0.2, 0) is 13.1 Å². The number of rotatable bonds is 3. The first-order valence-electron chi connectivity index (χ1n) is 3.31. The monoisotopic (exact) mass is 140 g/mol. The van der Waals surface area contributed by atoms with Crippen LogP contribution in [0.25, 0.3) is 0 Å². The molecule has 3 N–H and O–H groups in total. The summed E-state index contributed by atoms with van der Waals surface area (Å²) in [5.74, 6) is 5.11. The summed E-state index contributed by atoms with van der Waals surface area (Å²) in [6.07, 6.45) is 3.77. The van der Waals surface area contributed by atoms with Gasteiger partial charge in [0.15, 0.2) is 0 Å². The minimum absolute atomic E-state index is 0.632. The lowest BCUT2D eigenvalue weighted by atomic mass is 10.5. The molecule has 0 bridgehead atoms. The molecule has 1 heterocycles. The molecule has 56 valence electrons. The fourth-order valence-electron chi connectivity index (χ4n) is 0.775. The molecule has 0 unspecified atom stereocenters. The second-order valence-corrected chi connectivity index (χ2v) is 2.08. The third-order valence-corrected chi connectivity index (χ3v) is 1.34. The lowest BCUT2D eigenvalue weighted by Gasteiger charge is -1.92. The molecule has 0 atom stereocenters. The van der Waals surface area contributed by atoms with Gasteiger partial charge in [-0.3, -0.25) is 11.3 Å². The summed E-state index contributed by atoms with van der Waals surface area (Å²) in [5, 5.41) is 0. The van der Waals surface area contributed by atoms with Gasteiger partial charge in [-0.25, -0.2) is 4.98 Å². The summed E-state index contributed by atoms with van der Waals surface area (Å²) in [4.78, 5) is 4.10. The third-order valence-electron chi connectivity index (χ3n) is 1.34. The molecule has 0 spiro atoms. The molecule has 1 rings (SSSR count). The standard InChI is InChI=1S/C6H12N4/c1-2-10-4-6(3-9-7)8-5-10/h4-5,9H,2-3,7H2,1H3. The average Bonchev–Trinajstić information content (AvgIpc) is 2.37. The molecule has 0 aromatic carbocycles. The summed E-state index contributed by atoms with van der Waals surface area (Å²) in [6.45, 7) is 3.66. The Kier molecular flexibility index (Phi) is 2.42. The average molecular weight is 140 g/mol. The SMILES string of the molecule is CCn1cnc(CNN)c1. The minimum atomic E-state index is 0.632. The molecule has 0 fully saturated rings. The van der Waals surface area contributed by atoms with E-state index in [9.17, 15) is 0 Å². The Morgan fingerprint density at radius 3 is 3.10 bits per heavy atom. The first-order valence-corrected chi connectivity index (χ1v) is 3.31. The van der Waals surface area contributed by atoms with Crippen molar-refractivity contribution in [2.45, 2.75) is 20.0 Å². The van der Waals surface area contributed by atoms with Gasteiger partial charge in [0, 0.05) is 12.7 Å². The van der Waals surface area contributed by atoms with Gasteiger partial charge in [0.2, 0.25) is 0 Å². The predicted molar refractivity (Wildman–Crippen MR) is 38.9 cm³/mol. The number of nitrogens with one attached hydrogen (secondary N) is 1. The summed E-state index contributed by atoms with van der Waals surface area (Å²) in [6, 6.07) is 0. The number of hydrogen-bond acceptors (Lipinski definition) is 3. The number of imidazole rings is 1. The first kappa shape index (κ1) is 7.24. The largest absolute Gasteiger partial charge is 0.337 e. The zero-order valence-corrected chi connectivity index (χ0v) is 6.04. The highest BCUT2D eigenvalue weighted by Gasteiger charge is 1.93. The number of hydrazine groups is 1. The van der Waals surface area contributed by atoms with Gasteiger partial charge in [-0.1, -0.05) is 0 Å². The molecule has 4 heteroatoms. The molecule has 10 heavy (non-hydrogen) atoms. The van der Waals surface area contributed by atoms with Crippen molar-refractivity contribution in [2.75, 3.05) is 0 Å². The van der Waals surface area contributed by atoms with E-state index in [1.165, 1.54) is 0 Å². The normalized spacial score (nSPS) is 10.2. The van der Waals surface area contributed by atoms with Gasteiger partial charge in [0.25, 0.3) is 0 Å². The van der Waals surface area contributed by atoms with Crippen molar-refractivity contribution in [1.82, 2.24) is 15.0 Å². The summed E-state index contributed by atoms with van der Waals surface area (Å²) in [7, 11) is 0. The van der Waals surface area contributed by atoms with Crippen molar-refractivity contribution in [3.8, 4) is 0 Å². The van der Waals surface area contributed by atoms with Crippen LogP contribution >= 0.6 is 0 Å². The van der Waals surface area contributed by atoms with E-state index < -0.39 is 0 Å². The van der Waals surface area contributed by atoms with Gasteiger partial charge in [-0.2, -0.15) is 0 Å².